The van der Waals surface area contributed by atoms with Crippen molar-refractivity contribution >= 4 is 5.78 Å². The topological polar surface area (TPSA) is 47.3 Å². The fourth-order valence-corrected chi connectivity index (χ4v) is 6.96. The minimum absolute atomic E-state index is 0.170. The van der Waals surface area contributed by atoms with Crippen molar-refractivity contribution in [2.24, 2.45) is 22.7 Å². The first-order valence-corrected chi connectivity index (χ1v) is 10.4. The van der Waals surface area contributed by atoms with Crippen LogP contribution in [0.4, 0.5) is 0 Å². The van der Waals surface area contributed by atoms with Gasteiger partial charge in [0.1, 0.15) is 0 Å². The molecule has 1 heterocycles. The molecule has 4 aliphatic rings. The van der Waals surface area contributed by atoms with Crippen LogP contribution in [0, 0.1) is 22.7 Å². The summed E-state index contributed by atoms with van der Waals surface area (Å²) in [7, 11) is 0. The highest BCUT2D eigenvalue weighted by atomic mass is 16.4. The summed E-state index contributed by atoms with van der Waals surface area (Å²) >= 11 is 0. The van der Waals surface area contributed by atoms with E-state index in [1.54, 1.807) is 17.9 Å². The van der Waals surface area contributed by atoms with Crippen LogP contribution in [-0.4, -0.2) is 5.78 Å². The van der Waals surface area contributed by atoms with Gasteiger partial charge in [-0.05, 0) is 84.8 Å². The third-order valence-corrected chi connectivity index (χ3v) is 8.49. The van der Waals surface area contributed by atoms with Gasteiger partial charge < -0.3 is 4.42 Å². The zero-order valence-corrected chi connectivity index (χ0v) is 16.3. The zero-order chi connectivity index (χ0) is 18.8. The molecule has 0 unspecified atom stereocenters. The molecule has 1 aromatic heterocycles. The maximum Gasteiger partial charge on any atom is 0.335 e. The predicted molar refractivity (Wildman–Crippen MR) is 104 cm³/mol. The second kappa shape index (κ2) is 5.80. The minimum atomic E-state index is -0.273. The summed E-state index contributed by atoms with van der Waals surface area (Å²) in [5, 5.41) is 0. The Morgan fingerprint density at radius 1 is 1.04 bits per heavy atom. The molecule has 4 aliphatic carbocycles. The lowest BCUT2D eigenvalue weighted by molar-refractivity contribution is -0.116. The van der Waals surface area contributed by atoms with Gasteiger partial charge in [0.2, 0.25) is 0 Å². The van der Waals surface area contributed by atoms with Gasteiger partial charge in [0.15, 0.2) is 5.78 Å². The monoisotopic (exact) mass is 364 g/mol. The summed E-state index contributed by atoms with van der Waals surface area (Å²) in [6.07, 6.45) is 13.6. The Balaban J connectivity index is 1.48. The Morgan fingerprint density at radius 3 is 2.67 bits per heavy atom. The lowest BCUT2D eigenvalue weighted by Crippen LogP contribution is -2.47. The fourth-order valence-electron chi connectivity index (χ4n) is 6.96. The van der Waals surface area contributed by atoms with Crippen LogP contribution in [0.5, 0.6) is 0 Å². The van der Waals surface area contributed by atoms with Gasteiger partial charge >= 0.3 is 5.63 Å². The van der Waals surface area contributed by atoms with E-state index < -0.39 is 0 Å². The smallest absolute Gasteiger partial charge is 0.335 e. The first kappa shape index (κ1) is 17.2. The summed E-state index contributed by atoms with van der Waals surface area (Å²) in [4.78, 5) is 23.3. The fraction of sp³-hybridized carbons (Fsp3) is 0.583. The third kappa shape index (κ3) is 2.40. The number of carbonyl (C=O) groups is 1. The summed E-state index contributed by atoms with van der Waals surface area (Å²) in [5.74, 6) is 2.04. The molecular formula is C24H28O3. The van der Waals surface area contributed by atoms with Crippen molar-refractivity contribution in [3.05, 3.63) is 57.7 Å². The second-order valence-corrected chi connectivity index (χ2v) is 9.60. The molecule has 1 aromatic rings. The van der Waals surface area contributed by atoms with E-state index in [0.29, 0.717) is 30.0 Å². The van der Waals surface area contributed by atoms with E-state index in [2.05, 4.69) is 19.9 Å². The summed E-state index contributed by atoms with van der Waals surface area (Å²) in [6, 6.07) is 3.51. The van der Waals surface area contributed by atoms with Crippen LogP contribution in [0.15, 0.2) is 50.9 Å². The molecule has 5 rings (SSSR count). The van der Waals surface area contributed by atoms with Crippen LogP contribution in [0.2, 0.25) is 0 Å². The van der Waals surface area contributed by atoms with Gasteiger partial charge in [-0.25, -0.2) is 4.79 Å². The number of allylic oxidation sites excluding steroid dienone is 4. The number of rotatable bonds is 1. The molecule has 0 amide bonds. The molecule has 5 atom stereocenters. The molecule has 27 heavy (non-hydrogen) atoms. The van der Waals surface area contributed by atoms with Crippen LogP contribution < -0.4 is 5.63 Å². The van der Waals surface area contributed by atoms with Crippen LogP contribution >= 0.6 is 0 Å². The first-order chi connectivity index (χ1) is 12.9. The highest BCUT2D eigenvalue weighted by Gasteiger charge is 2.56. The quantitative estimate of drug-likeness (QED) is 0.646. The number of hydrogen-bond acceptors (Lipinski definition) is 3. The Morgan fingerprint density at radius 2 is 1.89 bits per heavy atom. The lowest BCUT2D eigenvalue weighted by Gasteiger charge is -2.56. The van der Waals surface area contributed by atoms with Crippen molar-refractivity contribution in [1.29, 1.82) is 0 Å². The first-order valence-electron chi connectivity index (χ1n) is 10.4. The minimum Gasteiger partial charge on any atom is -0.431 e. The van der Waals surface area contributed by atoms with Crippen molar-refractivity contribution < 1.29 is 9.21 Å². The van der Waals surface area contributed by atoms with Gasteiger partial charge in [0, 0.05) is 12.5 Å². The van der Waals surface area contributed by atoms with E-state index in [0.717, 1.165) is 24.8 Å². The van der Waals surface area contributed by atoms with Crippen molar-refractivity contribution in [2.45, 2.75) is 64.7 Å². The Kier molecular flexibility index (Phi) is 3.70. The van der Waals surface area contributed by atoms with Gasteiger partial charge in [-0.2, -0.15) is 0 Å². The number of carbonyl (C=O) groups excluding carboxylic acids is 1. The normalized spacial score (nSPS) is 40.5. The summed E-state index contributed by atoms with van der Waals surface area (Å²) in [5.41, 5.74) is 4.33. The van der Waals surface area contributed by atoms with Gasteiger partial charge in [0.25, 0.3) is 0 Å². The molecule has 0 saturated heterocycles. The average Bonchev–Trinajstić information content (AvgIpc) is 3.00. The van der Waals surface area contributed by atoms with E-state index in [4.69, 9.17) is 4.42 Å². The second-order valence-electron chi connectivity index (χ2n) is 9.60. The van der Waals surface area contributed by atoms with Crippen molar-refractivity contribution in [2.75, 3.05) is 0 Å². The molecule has 2 saturated carbocycles. The molecule has 0 bridgehead atoms. The maximum atomic E-state index is 12.0. The van der Waals surface area contributed by atoms with E-state index in [1.165, 1.54) is 24.8 Å². The van der Waals surface area contributed by atoms with Gasteiger partial charge in [0.05, 0.1) is 6.26 Å². The van der Waals surface area contributed by atoms with E-state index in [1.807, 2.05) is 12.1 Å². The lowest BCUT2D eigenvalue weighted by atomic mass is 9.48. The molecule has 0 aromatic carbocycles. The number of ketones is 1. The largest absolute Gasteiger partial charge is 0.431 e. The van der Waals surface area contributed by atoms with Crippen molar-refractivity contribution in [1.82, 2.24) is 0 Å². The molecule has 142 valence electrons. The van der Waals surface area contributed by atoms with Gasteiger partial charge in [-0.1, -0.05) is 31.1 Å². The van der Waals surface area contributed by atoms with Crippen LogP contribution in [0.25, 0.3) is 0 Å². The summed E-state index contributed by atoms with van der Waals surface area (Å²) < 4.78 is 5.18. The molecule has 2 fully saturated rings. The molecule has 0 N–H and O–H groups in total. The third-order valence-electron chi connectivity index (χ3n) is 8.49. The Labute approximate surface area is 160 Å². The zero-order valence-electron chi connectivity index (χ0n) is 16.3. The average molecular weight is 364 g/mol. The maximum absolute atomic E-state index is 12.0. The highest BCUT2D eigenvalue weighted by molar-refractivity contribution is 5.91. The molecule has 0 aliphatic heterocycles. The number of fused-ring (bicyclic) bond motifs is 5. The SMILES string of the molecule is C[C@]12CC[C@H]3[C@@H](CCC4=CC(=O)CC[C@@]43C)C1=CC[C@@H]2c1ccc(=O)oc1. The molecule has 3 nitrogen and oxygen atoms in total. The van der Waals surface area contributed by atoms with Crippen LogP contribution in [0.3, 0.4) is 0 Å². The molecular weight excluding hydrogens is 336 g/mol. The van der Waals surface area contributed by atoms with E-state index >= 15 is 0 Å². The predicted octanol–water partition coefficient (Wildman–Crippen LogP) is 5.18. The van der Waals surface area contributed by atoms with Gasteiger partial charge in [-0.15, -0.1) is 0 Å². The van der Waals surface area contributed by atoms with Crippen molar-refractivity contribution in [3.63, 3.8) is 0 Å². The van der Waals surface area contributed by atoms with E-state index in [-0.39, 0.29) is 16.5 Å². The number of hydrogen-bond donors (Lipinski definition) is 0. The van der Waals surface area contributed by atoms with Crippen molar-refractivity contribution in [3.8, 4) is 0 Å². The Bertz CT molecular complexity index is 899. The molecule has 3 heteroatoms. The highest BCUT2D eigenvalue weighted by Crippen LogP contribution is 2.66. The molecule has 0 spiro atoms. The standard InChI is InChI=1S/C24H28O3/c1-23-11-9-17(25)13-16(23)4-5-18-20-7-6-19(15-3-8-22(26)27-14-15)24(20,2)12-10-21(18)23/h3,7-8,13-14,18-19,21H,4-6,9-12H2,1-2H3/t18-,19+,21-,23-,24+/m0/s1. The van der Waals surface area contributed by atoms with Crippen LogP contribution in [0.1, 0.15) is 70.3 Å². The van der Waals surface area contributed by atoms with E-state index in [9.17, 15) is 9.59 Å². The summed E-state index contributed by atoms with van der Waals surface area (Å²) in [6.45, 7) is 4.85. The Hall–Kier alpha value is -1.90. The van der Waals surface area contributed by atoms with Crippen LogP contribution in [-0.2, 0) is 4.79 Å². The molecule has 0 radical (unpaired) electrons. The van der Waals surface area contributed by atoms with Gasteiger partial charge in [-0.3, -0.25) is 4.79 Å².